The van der Waals surface area contributed by atoms with E-state index in [0.717, 1.165) is 44.5 Å². The summed E-state index contributed by atoms with van der Waals surface area (Å²) in [5.41, 5.74) is 10.0. The molecule has 2 unspecified atom stereocenters. The monoisotopic (exact) mass is 749 g/mol. The largest absolute Gasteiger partial charge is 0.508 e. The number of ether oxygens (including phenoxy) is 3. The summed E-state index contributed by atoms with van der Waals surface area (Å²) in [6.45, 7) is 10.7. The molecule has 1 saturated carbocycles. The molecular weight excluding hydrogens is 699 g/mol. The smallest absolute Gasteiger partial charge is 0.324 e. The fraction of sp³-hybridized carbons (Fsp3) is 0.488. The molecule has 3 N–H and O–H groups in total. The number of methoxy groups -OCH3 is 1. The summed E-state index contributed by atoms with van der Waals surface area (Å²) in [5.74, 6) is -0.692. The fourth-order valence-corrected chi connectivity index (χ4v) is 8.96. The number of rotatable bonds is 6. The molecular formula is C43H51N5O7. The van der Waals surface area contributed by atoms with E-state index in [4.69, 9.17) is 19.2 Å². The van der Waals surface area contributed by atoms with Gasteiger partial charge in [-0.2, -0.15) is 0 Å². The minimum absolute atomic E-state index is 0.0639. The summed E-state index contributed by atoms with van der Waals surface area (Å²) in [6, 6.07) is 14.1. The van der Waals surface area contributed by atoms with E-state index in [2.05, 4.69) is 60.3 Å². The van der Waals surface area contributed by atoms with Gasteiger partial charge in [-0.05, 0) is 104 Å². The van der Waals surface area contributed by atoms with Crippen LogP contribution in [0.1, 0.15) is 63.5 Å². The molecule has 5 heterocycles. The first kappa shape index (κ1) is 37.2. The number of amides is 2. The second-order valence-corrected chi connectivity index (χ2v) is 16.4. The number of carbonyl (C=O) groups excluding carboxylic acids is 3. The Morgan fingerprint density at radius 1 is 1.13 bits per heavy atom. The third kappa shape index (κ3) is 7.11. The van der Waals surface area contributed by atoms with E-state index in [1.54, 1.807) is 25.4 Å². The molecule has 0 radical (unpaired) electrons. The van der Waals surface area contributed by atoms with Crippen LogP contribution in [0.3, 0.4) is 0 Å². The minimum atomic E-state index is -0.928. The number of esters is 1. The number of fused-ring (bicyclic) bond motifs is 7. The Bertz CT molecular complexity index is 2130. The number of nitrogens with zero attached hydrogens (tertiary/aromatic N) is 3. The number of aromatic nitrogens is 2. The molecule has 6 bridgehead atoms. The molecule has 290 valence electrons. The molecule has 2 amide bonds. The summed E-state index contributed by atoms with van der Waals surface area (Å²) in [5, 5.41) is 16.7. The van der Waals surface area contributed by atoms with Gasteiger partial charge < -0.3 is 29.2 Å². The molecule has 8 rings (SSSR count). The number of phenols is 1. The highest BCUT2D eigenvalue weighted by molar-refractivity contribution is 5.95. The topological polar surface area (TPSA) is 144 Å². The molecule has 0 spiro atoms. The highest BCUT2D eigenvalue weighted by Gasteiger charge is 2.58. The van der Waals surface area contributed by atoms with E-state index >= 15 is 0 Å². The van der Waals surface area contributed by atoms with E-state index in [1.807, 2.05) is 19.1 Å². The maximum Gasteiger partial charge on any atom is 0.324 e. The Kier molecular flexibility index (Phi) is 9.93. The average molecular weight is 750 g/mol. The Morgan fingerprint density at radius 3 is 2.69 bits per heavy atom. The van der Waals surface area contributed by atoms with Gasteiger partial charge in [0.25, 0.3) is 5.91 Å². The maximum atomic E-state index is 14.3. The van der Waals surface area contributed by atoms with Gasteiger partial charge in [0.05, 0.1) is 37.3 Å². The van der Waals surface area contributed by atoms with Crippen molar-refractivity contribution in [1.29, 1.82) is 0 Å². The third-order valence-electron chi connectivity index (χ3n) is 11.9. The number of benzene rings is 2. The zero-order valence-corrected chi connectivity index (χ0v) is 32.3. The highest BCUT2D eigenvalue weighted by atomic mass is 16.5. The van der Waals surface area contributed by atoms with Crippen molar-refractivity contribution < 1.29 is 33.7 Å². The number of pyridine rings is 1. The van der Waals surface area contributed by atoms with E-state index < -0.39 is 23.5 Å². The van der Waals surface area contributed by atoms with Crippen LogP contribution < -0.4 is 10.7 Å². The van der Waals surface area contributed by atoms with E-state index in [0.29, 0.717) is 51.1 Å². The Hall–Kier alpha value is -4.78. The lowest BCUT2D eigenvalue weighted by atomic mass is 9.84. The molecule has 2 saturated heterocycles. The lowest BCUT2D eigenvalue weighted by Crippen LogP contribution is -2.60. The van der Waals surface area contributed by atoms with Crippen molar-refractivity contribution in [2.75, 3.05) is 33.5 Å². The number of cyclic esters (lactones) is 1. The molecule has 6 atom stereocenters. The number of aryl methyl sites for hydroxylation is 1. The van der Waals surface area contributed by atoms with Gasteiger partial charge in [0.1, 0.15) is 17.8 Å². The van der Waals surface area contributed by atoms with Gasteiger partial charge in [-0.3, -0.25) is 24.4 Å². The fourth-order valence-electron chi connectivity index (χ4n) is 8.96. The number of hydrogen-bond donors (Lipinski definition) is 3. The highest BCUT2D eigenvalue weighted by Crippen LogP contribution is 2.51. The molecule has 55 heavy (non-hydrogen) atoms. The first-order valence-electron chi connectivity index (χ1n) is 19.5. The summed E-state index contributed by atoms with van der Waals surface area (Å²) in [6.07, 6.45) is 3.39. The third-order valence-corrected chi connectivity index (χ3v) is 11.9. The maximum absolute atomic E-state index is 14.3. The van der Waals surface area contributed by atoms with Crippen molar-refractivity contribution >= 4 is 28.7 Å². The predicted octanol–water partition coefficient (Wildman–Crippen LogP) is 5.34. The van der Waals surface area contributed by atoms with E-state index in [1.165, 1.54) is 5.01 Å². The van der Waals surface area contributed by atoms with Crippen LogP contribution in [0.15, 0.2) is 54.7 Å². The summed E-state index contributed by atoms with van der Waals surface area (Å²) in [4.78, 5) is 46.3. The van der Waals surface area contributed by atoms with Crippen LogP contribution in [0.4, 0.5) is 0 Å². The number of hydrogen-bond acceptors (Lipinski definition) is 9. The van der Waals surface area contributed by atoms with Gasteiger partial charge in [0.15, 0.2) is 0 Å². The van der Waals surface area contributed by atoms with Crippen LogP contribution in [0, 0.1) is 23.2 Å². The average Bonchev–Trinajstić information content (AvgIpc) is 3.50. The van der Waals surface area contributed by atoms with Gasteiger partial charge in [0, 0.05) is 60.6 Å². The predicted molar refractivity (Wildman–Crippen MR) is 207 cm³/mol. The standard InChI is InChI=1S/C43H51N5O7/c1-6-47-36-12-11-26-19-30(36)31(39(47)29-9-7-13-44-38(29)24(2)53-5)20-43(3,4)23-55-42(52)34-10-8-14-48(46-34)41(51)35(17-25-15-27(26)18-28(49)16-25)45-40(50)37-32-21-54-22-33(32)37/h7,9,11-13,15-16,18-19,24,32-35,37,46,49H,6,8,10,14,17,20-23H2,1-5H3,(H,45,50)/t24-,32-,33?,34-,35-,37?/m0/s1. The van der Waals surface area contributed by atoms with Crippen molar-refractivity contribution in [3.05, 3.63) is 71.5 Å². The van der Waals surface area contributed by atoms with Gasteiger partial charge >= 0.3 is 5.97 Å². The normalized spacial score (nSPS) is 25.5. The molecule has 3 fully saturated rings. The van der Waals surface area contributed by atoms with Crippen molar-refractivity contribution in [3.63, 3.8) is 0 Å². The zero-order valence-electron chi connectivity index (χ0n) is 32.3. The van der Waals surface area contributed by atoms with Crippen molar-refractivity contribution in [2.45, 2.75) is 78.1 Å². The van der Waals surface area contributed by atoms with Gasteiger partial charge in [-0.15, -0.1) is 0 Å². The van der Waals surface area contributed by atoms with Crippen molar-refractivity contribution in [3.8, 4) is 28.1 Å². The molecule has 2 aromatic heterocycles. The number of aromatic hydroxyl groups is 1. The summed E-state index contributed by atoms with van der Waals surface area (Å²) in [7, 11) is 1.69. The minimum Gasteiger partial charge on any atom is -0.508 e. The van der Waals surface area contributed by atoms with E-state index in [9.17, 15) is 19.5 Å². The second kappa shape index (κ2) is 14.7. The van der Waals surface area contributed by atoms with Crippen LogP contribution in [0.2, 0.25) is 0 Å². The van der Waals surface area contributed by atoms with Crippen LogP contribution in [0.5, 0.6) is 5.75 Å². The Balaban J connectivity index is 1.26. The SMILES string of the molecule is CCn1c(-c2cccnc2[C@H](C)OC)c2c3cc(ccc31)-c1cc(O)cc(c1)C[C@H](NC(=O)C1C3COC[C@@H]31)C(=O)N1CCC[C@H](N1)C(=O)OCC(C)(C)C2. The lowest BCUT2D eigenvalue weighted by Gasteiger charge is -2.35. The van der Waals surface area contributed by atoms with Gasteiger partial charge in [-0.25, -0.2) is 5.43 Å². The lowest BCUT2D eigenvalue weighted by molar-refractivity contribution is -0.155. The molecule has 12 nitrogen and oxygen atoms in total. The van der Waals surface area contributed by atoms with Crippen LogP contribution in [-0.4, -0.2) is 83.0 Å². The van der Waals surface area contributed by atoms with Crippen LogP contribution in [0.25, 0.3) is 33.3 Å². The second-order valence-electron chi connectivity index (χ2n) is 16.4. The van der Waals surface area contributed by atoms with Crippen LogP contribution in [-0.2, 0) is 48.0 Å². The molecule has 3 aliphatic heterocycles. The van der Waals surface area contributed by atoms with Gasteiger partial charge in [0.2, 0.25) is 5.91 Å². The van der Waals surface area contributed by atoms with Crippen molar-refractivity contribution in [2.24, 2.45) is 23.2 Å². The Morgan fingerprint density at radius 2 is 1.93 bits per heavy atom. The number of phenolic OH excluding ortho intramolecular Hbond substituents is 1. The number of hydrazine groups is 1. The van der Waals surface area contributed by atoms with Gasteiger partial charge in [-0.1, -0.05) is 26.0 Å². The van der Waals surface area contributed by atoms with E-state index in [-0.39, 0.29) is 54.4 Å². The molecule has 4 aliphatic rings. The molecule has 1 aliphatic carbocycles. The molecule has 2 aromatic carbocycles. The zero-order chi connectivity index (χ0) is 38.6. The molecule has 12 heteroatoms. The number of nitrogens with one attached hydrogen (secondary N) is 2. The first-order valence-corrected chi connectivity index (χ1v) is 19.5. The Labute approximate surface area is 321 Å². The number of carbonyl (C=O) groups is 3. The van der Waals surface area contributed by atoms with Crippen molar-refractivity contribution in [1.82, 2.24) is 25.3 Å². The quantitative estimate of drug-likeness (QED) is 0.223. The summed E-state index contributed by atoms with van der Waals surface area (Å²) >= 11 is 0. The summed E-state index contributed by atoms with van der Waals surface area (Å²) < 4.78 is 19.7. The first-order chi connectivity index (χ1) is 26.5. The molecule has 4 aromatic rings. The van der Waals surface area contributed by atoms with Crippen LogP contribution >= 0.6 is 0 Å².